The fourth-order valence-corrected chi connectivity index (χ4v) is 2.26. The van der Waals surface area contributed by atoms with Crippen LogP contribution in [-0.2, 0) is 11.3 Å². The van der Waals surface area contributed by atoms with E-state index in [1.165, 1.54) is 11.3 Å². The first kappa shape index (κ1) is 12.4. The highest BCUT2D eigenvalue weighted by Crippen LogP contribution is 2.19. The molecule has 3 nitrogen and oxygen atoms in total. The summed E-state index contributed by atoms with van der Waals surface area (Å²) >= 11 is 0. The molecular formula is C14H22N2O. The molecule has 0 spiro atoms. The standard InChI is InChI=1S/C14H22N2O/c1-11-14(7-8-17-11)15-13-6-4-5-12(9-13)10-16(2)3/h4-6,9,11,14-15H,7-8,10H2,1-3H3. The van der Waals surface area contributed by atoms with Gasteiger partial charge in [0.25, 0.3) is 0 Å². The molecule has 1 fully saturated rings. The maximum Gasteiger partial charge on any atom is 0.0748 e. The van der Waals surface area contributed by atoms with E-state index < -0.39 is 0 Å². The summed E-state index contributed by atoms with van der Waals surface area (Å²) in [5, 5.41) is 3.56. The Kier molecular flexibility index (Phi) is 4.02. The van der Waals surface area contributed by atoms with Crippen molar-refractivity contribution in [1.29, 1.82) is 0 Å². The zero-order valence-electron chi connectivity index (χ0n) is 10.9. The third-order valence-electron chi connectivity index (χ3n) is 3.15. The van der Waals surface area contributed by atoms with E-state index in [-0.39, 0.29) is 0 Å². The van der Waals surface area contributed by atoms with Crippen molar-refractivity contribution in [3.8, 4) is 0 Å². The normalized spacial score (nSPS) is 24.2. The van der Waals surface area contributed by atoms with E-state index in [0.717, 1.165) is 19.6 Å². The highest BCUT2D eigenvalue weighted by Gasteiger charge is 2.23. The van der Waals surface area contributed by atoms with Crippen molar-refractivity contribution in [2.24, 2.45) is 0 Å². The molecule has 1 heterocycles. The van der Waals surface area contributed by atoms with Gasteiger partial charge in [-0.15, -0.1) is 0 Å². The van der Waals surface area contributed by atoms with Crippen LogP contribution in [0.15, 0.2) is 24.3 Å². The van der Waals surface area contributed by atoms with Crippen molar-refractivity contribution < 1.29 is 4.74 Å². The molecule has 0 radical (unpaired) electrons. The maximum absolute atomic E-state index is 5.56. The van der Waals surface area contributed by atoms with Crippen LogP contribution in [0, 0.1) is 0 Å². The van der Waals surface area contributed by atoms with Crippen molar-refractivity contribution in [3.05, 3.63) is 29.8 Å². The van der Waals surface area contributed by atoms with Gasteiger partial charge in [0.05, 0.1) is 12.1 Å². The molecule has 0 aromatic heterocycles. The minimum atomic E-state index is 0.313. The zero-order chi connectivity index (χ0) is 12.3. The molecule has 1 N–H and O–H groups in total. The summed E-state index contributed by atoms with van der Waals surface area (Å²) in [4.78, 5) is 2.18. The van der Waals surface area contributed by atoms with E-state index in [0.29, 0.717) is 12.1 Å². The van der Waals surface area contributed by atoms with Crippen molar-refractivity contribution in [3.63, 3.8) is 0 Å². The first-order chi connectivity index (χ1) is 8.15. The minimum absolute atomic E-state index is 0.313. The Morgan fingerprint density at radius 3 is 2.88 bits per heavy atom. The number of anilines is 1. The molecule has 2 unspecified atom stereocenters. The Morgan fingerprint density at radius 2 is 2.24 bits per heavy atom. The summed E-state index contributed by atoms with van der Waals surface area (Å²) in [5.74, 6) is 0. The van der Waals surface area contributed by atoms with Crippen LogP contribution in [0.3, 0.4) is 0 Å². The predicted molar refractivity (Wildman–Crippen MR) is 71.3 cm³/mol. The maximum atomic E-state index is 5.56. The molecular weight excluding hydrogens is 212 g/mol. The molecule has 2 atom stereocenters. The Morgan fingerprint density at radius 1 is 1.41 bits per heavy atom. The first-order valence-corrected chi connectivity index (χ1v) is 6.27. The molecule has 1 aromatic rings. The molecule has 3 heteroatoms. The second kappa shape index (κ2) is 5.52. The van der Waals surface area contributed by atoms with Gasteiger partial charge in [0.2, 0.25) is 0 Å². The van der Waals surface area contributed by atoms with Crippen LogP contribution in [0.5, 0.6) is 0 Å². The van der Waals surface area contributed by atoms with Crippen LogP contribution in [0.2, 0.25) is 0 Å². The molecule has 0 amide bonds. The second-order valence-corrected chi connectivity index (χ2v) is 5.05. The third-order valence-corrected chi connectivity index (χ3v) is 3.15. The first-order valence-electron chi connectivity index (χ1n) is 6.27. The highest BCUT2D eigenvalue weighted by atomic mass is 16.5. The fraction of sp³-hybridized carbons (Fsp3) is 0.571. The molecule has 94 valence electrons. The molecule has 17 heavy (non-hydrogen) atoms. The van der Waals surface area contributed by atoms with Crippen LogP contribution in [0.4, 0.5) is 5.69 Å². The van der Waals surface area contributed by atoms with Crippen molar-refractivity contribution in [2.75, 3.05) is 26.0 Å². The summed E-state index contributed by atoms with van der Waals surface area (Å²) < 4.78 is 5.56. The van der Waals surface area contributed by atoms with E-state index in [1.54, 1.807) is 0 Å². The average Bonchev–Trinajstić information content (AvgIpc) is 2.64. The number of hydrogen-bond donors (Lipinski definition) is 1. The monoisotopic (exact) mass is 234 g/mol. The third kappa shape index (κ3) is 3.45. The van der Waals surface area contributed by atoms with Crippen LogP contribution < -0.4 is 5.32 Å². The Bertz CT molecular complexity index is 365. The minimum Gasteiger partial charge on any atom is -0.380 e. The van der Waals surface area contributed by atoms with Gasteiger partial charge in [0, 0.05) is 18.8 Å². The number of nitrogens with one attached hydrogen (secondary N) is 1. The molecule has 0 saturated carbocycles. The van der Waals surface area contributed by atoms with E-state index in [2.05, 4.69) is 55.5 Å². The van der Waals surface area contributed by atoms with Gasteiger partial charge in [-0.05, 0) is 45.1 Å². The van der Waals surface area contributed by atoms with Gasteiger partial charge in [-0.1, -0.05) is 12.1 Å². The quantitative estimate of drug-likeness (QED) is 0.865. The van der Waals surface area contributed by atoms with Gasteiger partial charge < -0.3 is 15.0 Å². The lowest BCUT2D eigenvalue weighted by Gasteiger charge is -2.18. The molecule has 1 aliphatic rings. The summed E-state index contributed by atoms with van der Waals surface area (Å²) in [6.07, 6.45) is 1.41. The lowest BCUT2D eigenvalue weighted by Crippen LogP contribution is -2.26. The molecule has 1 saturated heterocycles. The molecule has 2 rings (SSSR count). The summed E-state index contributed by atoms with van der Waals surface area (Å²) in [6.45, 7) is 3.98. The summed E-state index contributed by atoms with van der Waals surface area (Å²) in [7, 11) is 4.18. The van der Waals surface area contributed by atoms with Gasteiger partial charge in [-0.25, -0.2) is 0 Å². The fourth-order valence-electron chi connectivity index (χ4n) is 2.26. The number of ether oxygens (including phenoxy) is 1. The largest absolute Gasteiger partial charge is 0.380 e. The van der Waals surface area contributed by atoms with E-state index in [1.807, 2.05) is 0 Å². The Labute approximate surface area is 104 Å². The van der Waals surface area contributed by atoms with Gasteiger partial charge in [0.1, 0.15) is 0 Å². The summed E-state index contributed by atoms with van der Waals surface area (Å²) in [6, 6.07) is 9.08. The van der Waals surface area contributed by atoms with Crippen molar-refractivity contribution in [1.82, 2.24) is 4.90 Å². The number of benzene rings is 1. The number of rotatable bonds is 4. The van der Waals surface area contributed by atoms with Crippen LogP contribution in [0.25, 0.3) is 0 Å². The van der Waals surface area contributed by atoms with Crippen molar-refractivity contribution >= 4 is 5.69 Å². The van der Waals surface area contributed by atoms with Gasteiger partial charge >= 0.3 is 0 Å². The zero-order valence-corrected chi connectivity index (χ0v) is 10.9. The van der Waals surface area contributed by atoms with Gasteiger partial charge in [-0.2, -0.15) is 0 Å². The van der Waals surface area contributed by atoms with Crippen LogP contribution in [0.1, 0.15) is 18.9 Å². The highest BCUT2D eigenvalue weighted by molar-refractivity contribution is 5.46. The number of nitrogens with zero attached hydrogens (tertiary/aromatic N) is 1. The number of hydrogen-bond acceptors (Lipinski definition) is 3. The molecule has 1 aliphatic heterocycles. The van der Waals surface area contributed by atoms with Crippen LogP contribution in [-0.4, -0.2) is 37.7 Å². The molecule has 1 aromatic carbocycles. The molecule has 0 aliphatic carbocycles. The predicted octanol–water partition coefficient (Wildman–Crippen LogP) is 2.34. The van der Waals surface area contributed by atoms with E-state index in [4.69, 9.17) is 4.74 Å². The Hall–Kier alpha value is -1.06. The lowest BCUT2D eigenvalue weighted by atomic mass is 10.1. The van der Waals surface area contributed by atoms with Gasteiger partial charge in [0.15, 0.2) is 0 Å². The Balaban J connectivity index is 2.00. The lowest BCUT2D eigenvalue weighted by molar-refractivity contribution is 0.121. The van der Waals surface area contributed by atoms with E-state index in [9.17, 15) is 0 Å². The summed E-state index contributed by atoms with van der Waals surface area (Å²) in [5.41, 5.74) is 2.54. The SMILES string of the molecule is CC1OCCC1Nc1cccc(CN(C)C)c1. The average molecular weight is 234 g/mol. The topological polar surface area (TPSA) is 24.5 Å². The second-order valence-electron chi connectivity index (χ2n) is 5.05. The van der Waals surface area contributed by atoms with Crippen LogP contribution >= 0.6 is 0 Å². The van der Waals surface area contributed by atoms with Gasteiger partial charge in [-0.3, -0.25) is 0 Å². The van der Waals surface area contributed by atoms with E-state index >= 15 is 0 Å². The van der Waals surface area contributed by atoms with Crippen molar-refractivity contribution in [2.45, 2.75) is 32.0 Å². The molecule has 0 bridgehead atoms. The smallest absolute Gasteiger partial charge is 0.0748 e.